The van der Waals surface area contributed by atoms with Crippen molar-refractivity contribution in [2.75, 3.05) is 13.1 Å². The van der Waals surface area contributed by atoms with Crippen LogP contribution in [-0.2, 0) is 24.3 Å². The fraction of sp³-hybridized carbons (Fsp3) is 0.429. The Hall–Kier alpha value is -3.28. The number of hydrogen-bond acceptors (Lipinski definition) is 3. The monoisotopic (exact) mass is 461 g/mol. The number of furan rings is 1. The molecular weight excluding hydrogens is 426 g/mol. The number of nitrogens with one attached hydrogen (secondary N) is 1. The molecule has 1 aliphatic rings. The fourth-order valence-corrected chi connectivity index (χ4v) is 4.72. The predicted octanol–water partition coefficient (Wildman–Crippen LogP) is 5.03. The van der Waals surface area contributed by atoms with Gasteiger partial charge in [0.05, 0.1) is 13.1 Å². The van der Waals surface area contributed by atoms with Gasteiger partial charge >= 0.3 is 0 Å². The topological polar surface area (TPSA) is 67.5 Å². The van der Waals surface area contributed by atoms with Gasteiger partial charge in [0, 0.05) is 30.9 Å². The van der Waals surface area contributed by atoms with E-state index in [1.54, 1.807) is 6.07 Å². The highest BCUT2D eigenvalue weighted by Crippen LogP contribution is 2.27. The quantitative estimate of drug-likeness (QED) is 0.435. The summed E-state index contributed by atoms with van der Waals surface area (Å²) in [6.07, 6.45) is 8.08. The summed E-state index contributed by atoms with van der Waals surface area (Å²) >= 11 is 0. The van der Waals surface area contributed by atoms with Crippen LogP contribution < -0.4 is 5.32 Å². The molecule has 3 aromatic rings. The van der Waals surface area contributed by atoms with Gasteiger partial charge in [-0.2, -0.15) is 0 Å². The molecule has 2 heterocycles. The van der Waals surface area contributed by atoms with Crippen LogP contribution in [0.25, 0.3) is 0 Å². The third-order valence-corrected chi connectivity index (χ3v) is 6.54. The first kappa shape index (κ1) is 23.9. The highest BCUT2D eigenvalue weighted by Gasteiger charge is 2.27. The average molecular weight is 462 g/mol. The summed E-state index contributed by atoms with van der Waals surface area (Å²) in [6.45, 7) is 4.57. The van der Waals surface area contributed by atoms with Crippen molar-refractivity contribution in [2.45, 2.75) is 58.5 Å². The Labute approximate surface area is 201 Å². The maximum atomic E-state index is 13.0. The normalized spacial score (nSPS) is 13.8. The van der Waals surface area contributed by atoms with Crippen molar-refractivity contribution in [3.05, 3.63) is 83.6 Å². The van der Waals surface area contributed by atoms with Gasteiger partial charge in [-0.1, -0.05) is 50.1 Å². The minimum atomic E-state index is -0.203. The molecule has 1 saturated carbocycles. The van der Waals surface area contributed by atoms with E-state index < -0.39 is 0 Å². The fourth-order valence-electron chi connectivity index (χ4n) is 4.72. The first-order chi connectivity index (χ1) is 16.6. The van der Waals surface area contributed by atoms with E-state index in [2.05, 4.69) is 35.0 Å². The summed E-state index contributed by atoms with van der Waals surface area (Å²) in [5.41, 5.74) is 2.26. The minimum absolute atomic E-state index is 0.183. The van der Waals surface area contributed by atoms with E-state index in [0.29, 0.717) is 31.3 Å². The average Bonchev–Trinajstić information content (AvgIpc) is 3.62. The molecule has 1 fully saturated rings. The first-order valence-corrected chi connectivity index (χ1v) is 12.5. The van der Waals surface area contributed by atoms with Crippen molar-refractivity contribution in [1.82, 2.24) is 14.8 Å². The maximum absolute atomic E-state index is 13.0. The Morgan fingerprint density at radius 1 is 1.06 bits per heavy atom. The van der Waals surface area contributed by atoms with E-state index in [1.165, 1.54) is 5.56 Å². The largest absolute Gasteiger partial charge is 0.454 e. The number of benzene rings is 1. The standard InChI is InChI=1S/C28H35N3O3/c1-2-18-31(28(33)23-11-6-7-12-23)20-24-13-8-19-30(24)21-25-14-15-26(34-25)27(32)29-17-16-22-9-4-3-5-10-22/h3-5,8-10,13-15,19,23H,2,6-7,11-12,16-18,20-21H2,1H3,(H,29,32). The number of nitrogens with zero attached hydrogens (tertiary/aromatic N) is 2. The first-order valence-electron chi connectivity index (χ1n) is 12.5. The van der Waals surface area contributed by atoms with Crippen molar-refractivity contribution in [1.29, 1.82) is 0 Å². The minimum Gasteiger partial charge on any atom is -0.454 e. The zero-order valence-corrected chi connectivity index (χ0v) is 20.0. The van der Waals surface area contributed by atoms with Crippen molar-refractivity contribution >= 4 is 11.8 Å². The summed E-state index contributed by atoms with van der Waals surface area (Å²) < 4.78 is 7.94. The second-order valence-corrected chi connectivity index (χ2v) is 9.13. The van der Waals surface area contributed by atoms with E-state index in [1.807, 2.05) is 41.4 Å². The molecular formula is C28H35N3O3. The van der Waals surface area contributed by atoms with Crippen LogP contribution in [0.3, 0.4) is 0 Å². The number of carbonyl (C=O) groups excluding carboxylic acids is 2. The smallest absolute Gasteiger partial charge is 0.287 e. The summed E-state index contributed by atoms with van der Waals surface area (Å²) in [4.78, 5) is 27.5. The molecule has 1 N–H and O–H groups in total. The van der Waals surface area contributed by atoms with Crippen LogP contribution in [-0.4, -0.2) is 34.4 Å². The maximum Gasteiger partial charge on any atom is 0.287 e. The molecule has 0 aliphatic heterocycles. The SMILES string of the molecule is CCCN(Cc1cccn1Cc1ccc(C(=O)NCCc2ccccc2)o1)C(=O)C1CCCC1. The number of hydrogen-bond donors (Lipinski definition) is 1. The summed E-state index contributed by atoms with van der Waals surface area (Å²) in [6, 6.07) is 17.7. The number of amides is 2. The summed E-state index contributed by atoms with van der Waals surface area (Å²) in [7, 11) is 0. The van der Waals surface area contributed by atoms with Crippen molar-refractivity contribution in [2.24, 2.45) is 5.92 Å². The Balaban J connectivity index is 1.33. The van der Waals surface area contributed by atoms with Gasteiger partial charge in [-0.25, -0.2) is 0 Å². The Bertz CT molecular complexity index is 1060. The molecule has 4 rings (SSSR count). The van der Waals surface area contributed by atoms with Crippen LogP contribution in [0.2, 0.25) is 0 Å². The van der Waals surface area contributed by atoms with Gasteiger partial charge in [-0.3, -0.25) is 9.59 Å². The van der Waals surface area contributed by atoms with Gasteiger partial charge < -0.3 is 19.2 Å². The van der Waals surface area contributed by atoms with Crippen LogP contribution in [0, 0.1) is 5.92 Å². The lowest BCUT2D eigenvalue weighted by atomic mass is 10.1. The molecule has 2 amide bonds. The Kier molecular flexibility index (Phi) is 8.23. The molecule has 6 heteroatoms. The van der Waals surface area contributed by atoms with E-state index in [9.17, 15) is 9.59 Å². The summed E-state index contributed by atoms with van der Waals surface area (Å²) in [5.74, 6) is 1.31. The van der Waals surface area contributed by atoms with Gasteiger partial charge in [-0.15, -0.1) is 0 Å². The zero-order valence-electron chi connectivity index (χ0n) is 20.0. The molecule has 2 aromatic heterocycles. The van der Waals surface area contributed by atoms with Gasteiger partial charge in [0.25, 0.3) is 5.91 Å². The molecule has 1 aliphatic carbocycles. The second-order valence-electron chi connectivity index (χ2n) is 9.13. The van der Waals surface area contributed by atoms with Crippen LogP contribution in [0.5, 0.6) is 0 Å². The van der Waals surface area contributed by atoms with Crippen LogP contribution >= 0.6 is 0 Å². The molecule has 1 aromatic carbocycles. The van der Waals surface area contributed by atoms with Gasteiger partial charge in [-0.05, 0) is 55.5 Å². The predicted molar refractivity (Wildman–Crippen MR) is 132 cm³/mol. The van der Waals surface area contributed by atoms with Gasteiger partial charge in [0.15, 0.2) is 5.76 Å². The van der Waals surface area contributed by atoms with Crippen molar-refractivity contribution < 1.29 is 14.0 Å². The zero-order chi connectivity index (χ0) is 23.8. The lowest BCUT2D eigenvalue weighted by Gasteiger charge is -2.26. The second kappa shape index (κ2) is 11.7. The van der Waals surface area contributed by atoms with Gasteiger partial charge in [0.2, 0.25) is 5.91 Å². The lowest BCUT2D eigenvalue weighted by Crippen LogP contribution is -2.36. The summed E-state index contributed by atoms with van der Waals surface area (Å²) in [5, 5.41) is 2.93. The Morgan fingerprint density at radius 2 is 1.85 bits per heavy atom. The molecule has 34 heavy (non-hydrogen) atoms. The molecule has 0 atom stereocenters. The number of rotatable bonds is 11. The van der Waals surface area contributed by atoms with Crippen LogP contribution in [0.15, 0.2) is 65.2 Å². The molecule has 180 valence electrons. The van der Waals surface area contributed by atoms with Crippen LogP contribution in [0.1, 0.15) is 66.6 Å². The van der Waals surface area contributed by atoms with Crippen molar-refractivity contribution in [3.8, 4) is 0 Å². The number of aromatic nitrogens is 1. The molecule has 0 radical (unpaired) electrons. The molecule has 0 unspecified atom stereocenters. The lowest BCUT2D eigenvalue weighted by molar-refractivity contribution is -0.136. The van der Waals surface area contributed by atoms with E-state index in [-0.39, 0.29) is 11.8 Å². The number of carbonyl (C=O) groups is 2. The molecule has 0 spiro atoms. The van der Waals surface area contributed by atoms with Crippen LogP contribution in [0.4, 0.5) is 0 Å². The van der Waals surface area contributed by atoms with Gasteiger partial charge in [0.1, 0.15) is 5.76 Å². The van der Waals surface area contributed by atoms with E-state index in [0.717, 1.165) is 56.5 Å². The molecule has 0 bridgehead atoms. The molecule has 0 saturated heterocycles. The van der Waals surface area contributed by atoms with Crippen molar-refractivity contribution in [3.63, 3.8) is 0 Å². The van der Waals surface area contributed by atoms with E-state index in [4.69, 9.17) is 4.42 Å². The van der Waals surface area contributed by atoms with E-state index >= 15 is 0 Å². The third-order valence-electron chi connectivity index (χ3n) is 6.54. The highest BCUT2D eigenvalue weighted by molar-refractivity contribution is 5.91. The third kappa shape index (κ3) is 6.19. The Morgan fingerprint density at radius 3 is 2.62 bits per heavy atom. The molecule has 6 nitrogen and oxygen atoms in total. The highest BCUT2D eigenvalue weighted by atomic mass is 16.4.